The van der Waals surface area contributed by atoms with Crippen molar-refractivity contribution in [1.82, 2.24) is 4.90 Å². The summed E-state index contributed by atoms with van der Waals surface area (Å²) in [5.41, 5.74) is 6.49. The molecule has 13 heavy (non-hydrogen) atoms. The summed E-state index contributed by atoms with van der Waals surface area (Å²) in [6, 6.07) is 0. The van der Waals surface area contributed by atoms with Crippen LogP contribution in [0.15, 0.2) is 0 Å². The Bertz CT molecular complexity index is 173. The first-order valence-electron chi connectivity index (χ1n) is 5.65. The van der Waals surface area contributed by atoms with Crippen LogP contribution in [0.3, 0.4) is 0 Å². The Labute approximate surface area is 81.5 Å². The highest BCUT2D eigenvalue weighted by molar-refractivity contribution is 4.97. The summed E-state index contributed by atoms with van der Waals surface area (Å²) < 4.78 is 0. The van der Waals surface area contributed by atoms with Crippen LogP contribution in [0.25, 0.3) is 0 Å². The number of nitrogens with zero attached hydrogens (tertiary/aromatic N) is 1. The minimum Gasteiger partial charge on any atom is -0.330 e. The molecule has 0 aromatic heterocycles. The second-order valence-corrected chi connectivity index (χ2v) is 5.05. The maximum atomic E-state index is 5.87. The van der Waals surface area contributed by atoms with E-state index in [2.05, 4.69) is 11.9 Å². The van der Waals surface area contributed by atoms with Crippen molar-refractivity contribution in [2.75, 3.05) is 26.7 Å². The second-order valence-electron chi connectivity index (χ2n) is 5.05. The van der Waals surface area contributed by atoms with Gasteiger partial charge in [0.25, 0.3) is 0 Å². The van der Waals surface area contributed by atoms with Gasteiger partial charge in [-0.3, -0.25) is 0 Å². The Balaban J connectivity index is 2.09. The normalized spacial score (nSPS) is 34.2. The lowest BCUT2D eigenvalue weighted by Gasteiger charge is -2.37. The fraction of sp³-hybridized carbons (Fsp3) is 1.00. The maximum Gasteiger partial charge on any atom is 0.00387 e. The highest BCUT2D eigenvalue weighted by Crippen LogP contribution is 2.46. The molecule has 0 aromatic rings. The first kappa shape index (κ1) is 9.47. The molecule has 0 radical (unpaired) electrons. The minimum absolute atomic E-state index is 0.613. The molecule has 2 N–H and O–H groups in total. The summed E-state index contributed by atoms with van der Waals surface area (Å²) in [6.45, 7) is 3.43. The first-order valence-corrected chi connectivity index (χ1v) is 5.65. The molecule has 2 nitrogen and oxygen atoms in total. The average Bonchev–Trinajstić information content (AvgIpc) is 2.43. The van der Waals surface area contributed by atoms with Gasteiger partial charge in [-0.25, -0.2) is 0 Å². The van der Waals surface area contributed by atoms with Crippen LogP contribution in [-0.2, 0) is 0 Å². The van der Waals surface area contributed by atoms with Gasteiger partial charge in [0.2, 0.25) is 0 Å². The lowest BCUT2D eigenvalue weighted by Crippen LogP contribution is -2.36. The van der Waals surface area contributed by atoms with Gasteiger partial charge in [0.1, 0.15) is 0 Å². The molecule has 1 saturated heterocycles. The van der Waals surface area contributed by atoms with Crippen molar-refractivity contribution in [3.63, 3.8) is 0 Å². The van der Waals surface area contributed by atoms with Crippen molar-refractivity contribution in [1.29, 1.82) is 0 Å². The van der Waals surface area contributed by atoms with Crippen LogP contribution in [-0.4, -0.2) is 31.6 Å². The largest absolute Gasteiger partial charge is 0.330 e. The van der Waals surface area contributed by atoms with Crippen LogP contribution in [0.1, 0.15) is 32.1 Å². The molecule has 2 aliphatic rings. The van der Waals surface area contributed by atoms with Gasteiger partial charge in [0, 0.05) is 13.1 Å². The molecule has 76 valence electrons. The van der Waals surface area contributed by atoms with E-state index in [1.165, 1.54) is 45.2 Å². The van der Waals surface area contributed by atoms with Gasteiger partial charge in [-0.15, -0.1) is 0 Å². The third-order valence-corrected chi connectivity index (χ3v) is 4.12. The molecular weight excluding hydrogens is 160 g/mol. The monoisotopic (exact) mass is 182 g/mol. The fourth-order valence-electron chi connectivity index (χ4n) is 3.45. The lowest BCUT2D eigenvalue weighted by molar-refractivity contribution is 0.146. The summed E-state index contributed by atoms with van der Waals surface area (Å²) in [5, 5.41) is 0. The van der Waals surface area contributed by atoms with E-state index in [9.17, 15) is 0 Å². The second kappa shape index (κ2) is 3.58. The molecule has 2 rings (SSSR count). The third-order valence-electron chi connectivity index (χ3n) is 4.12. The summed E-state index contributed by atoms with van der Waals surface area (Å²) in [6.07, 6.45) is 7.18. The molecule has 1 saturated carbocycles. The van der Waals surface area contributed by atoms with Gasteiger partial charge < -0.3 is 10.6 Å². The predicted molar refractivity (Wildman–Crippen MR) is 55.6 cm³/mol. The molecule has 0 amide bonds. The van der Waals surface area contributed by atoms with Crippen LogP contribution >= 0.6 is 0 Å². The van der Waals surface area contributed by atoms with Gasteiger partial charge in [-0.2, -0.15) is 0 Å². The molecule has 0 aromatic carbocycles. The minimum atomic E-state index is 0.613. The molecular formula is C11H22N2. The van der Waals surface area contributed by atoms with Crippen molar-refractivity contribution in [3.8, 4) is 0 Å². The Kier molecular flexibility index (Phi) is 2.61. The smallest absolute Gasteiger partial charge is 0.00387 e. The van der Waals surface area contributed by atoms with Gasteiger partial charge in [-0.05, 0) is 37.8 Å². The van der Waals surface area contributed by atoms with Crippen LogP contribution in [0.4, 0.5) is 0 Å². The molecule has 1 unspecified atom stereocenters. The molecule has 1 aliphatic heterocycles. The molecule has 2 fully saturated rings. The molecule has 1 heterocycles. The topological polar surface area (TPSA) is 29.3 Å². The van der Waals surface area contributed by atoms with E-state index in [4.69, 9.17) is 5.73 Å². The molecule has 1 atom stereocenters. The quantitative estimate of drug-likeness (QED) is 0.665. The van der Waals surface area contributed by atoms with E-state index in [1.54, 1.807) is 0 Å². The Hall–Kier alpha value is -0.0800. The van der Waals surface area contributed by atoms with E-state index < -0.39 is 0 Å². The Morgan fingerprint density at radius 1 is 1.31 bits per heavy atom. The van der Waals surface area contributed by atoms with E-state index >= 15 is 0 Å². The van der Waals surface area contributed by atoms with Gasteiger partial charge in [0.15, 0.2) is 0 Å². The zero-order chi connectivity index (χ0) is 9.31. The highest BCUT2D eigenvalue weighted by atomic mass is 15.1. The van der Waals surface area contributed by atoms with Crippen molar-refractivity contribution in [2.24, 2.45) is 17.1 Å². The fourth-order valence-corrected chi connectivity index (χ4v) is 3.45. The van der Waals surface area contributed by atoms with Crippen molar-refractivity contribution in [2.45, 2.75) is 32.1 Å². The van der Waals surface area contributed by atoms with Crippen molar-refractivity contribution >= 4 is 0 Å². The molecule has 2 heteroatoms. The molecule has 0 bridgehead atoms. The number of likely N-dealkylation sites (tertiary alicyclic amines) is 1. The summed E-state index contributed by atoms with van der Waals surface area (Å²) in [5.74, 6) is 0.776. The van der Waals surface area contributed by atoms with E-state index in [-0.39, 0.29) is 0 Å². The standard InChI is InChI=1S/C11H22N2/c1-13-8-10(7-12)11(9-13)5-3-2-4-6-11/h10H,2-9,12H2,1H3. The van der Waals surface area contributed by atoms with Crippen LogP contribution < -0.4 is 5.73 Å². The lowest BCUT2D eigenvalue weighted by atomic mass is 9.68. The van der Waals surface area contributed by atoms with E-state index in [0.717, 1.165) is 12.5 Å². The average molecular weight is 182 g/mol. The highest BCUT2D eigenvalue weighted by Gasteiger charge is 2.44. The summed E-state index contributed by atoms with van der Waals surface area (Å²) in [4.78, 5) is 2.48. The number of nitrogens with two attached hydrogens (primary N) is 1. The predicted octanol–water partition coefficient (Wildman–Crippen LogP) is 1.46. The zero-order valence-electron chi connectivity index (χ0n) is 8.76. The number of hydrogen-bond acceptors (Lipinski definition) is 2. The van der Waals surface area contributed by atoms with Crippen molar-refractivity contribution < 1.29 is 0 Å². The maximum absolute atomic E-state index is 5.87. The summed E-state index contributed by atoms with van der Waals surface area (Å²) >= 11 is 0. The van der Waals surface area contributed by atoms with Gasteiger partial charge in [-0.1, -0.05) is 19.3 Å². The SMILES string of the molecule is CN1CC(CN)C2(CCCCC2)C1. The molecule has 1 spiro atoms. The third kappa shape index (κ3) is 1.62. The first-order chi connectivity index (χ1) is 6.27. The van der Waals surface area contributed by atoms with Gasteiger partial charge >= 0.3 is 0 Å². The zero-order valence-corrected chi connectivity index (χ0v) is 8.76. The number of rotatable bonds is 1. The van der Waals surface area contributed by atoms with Crippen LogP contribution in [0.2, 0.25) is 0 Å². The summed E-state index contributed by atoms with van der Waals surface area (Å²) in [7, 11) is 2.24. The van der Waals surface area contributed by atoms with Crippen LogP contribution in [0, 0.1) is 11.3 Å². The molecule has 1 aliphatic carbocycles. The van der Waals surface area contributed by atoms with E-state index in [1.807, 2.05) is 0 Å². The van der Waals surface area contributed by atoms with E-state index in [0.29, 0.717) is 5.41 Å². The Morgan fingerprint density at radius 2 is 2.00 bits per heavy atom. The van der Waals surface area contributed by atoms with Gasteiger partial charge in [0.05, 0.1) is 0 Å². The number of hydrogen-bond donors (Lipinski definition) is 1. The Morgan fingerprint density at radius 3 is 2.62 bits per heavy atom. The van der Waals surface area contributed by atoms with Crippen molar-refractivity contribution in [3.05, 3.63) is 0 Å². The van der Waals surface area contributed by atoms with Crippen LogP contribution in [0.5, 0.6) is 0 Å².